The molecule has 1 saturated heterocycles. The third-order valence-electron chi connectivity index (χ3n) is 5.24. The minimum Gasteiger partial charge on any atom is -0.333 e. The van der Waals surface area contributed by atoms with Crippen molar-refractivity contribution in [1.29, 1.82) is 0 Å². The van der Waals surface area contributed by atoms with Crippen LogP contribution in [0.4, 0.5) is 0 Å². The number of hydrogen-bond acceptors (Lipinski definition) is 4. The Bertz CT molecular complexity index is 811. The largest absolute Gasteiger partial charge is 0.333 e. The van der Waals surface area contributed by atoms with Crippen LogP contribution in [0, 0.1) is 13.8 Å². The molecule has 2 aliphatic rings. The zero-order valence-electron chi connectivity index (χ0n) is 14.9. The molecule has 2 aliphatic heterocycles. The molecule has 1 fully saturated rings. The average molecular weight is 336 g/mol. The Hall–Kier alpha value is -2.27. The second-order valence-corrected chi connectivity index (χ2v) is 7.11. The van der Waals surface area contributed by atoms with E-state index in [1.165, 1.54) is 35.1 Å². The summed E-state index contributed by atoms with van der Waals surface area (Å²) >= 11 is 0. The summed E-state index contributed by atoms with van der Waals surface area (Å²) in [7, 11) is 0. The number of fused-ring (bicyclic) bond motifs is 1. The number of carbonyl (C=O) groups excluding carboxylic acids is 1. The zero-order chi connectivity index (χ0) is 17.4. The molecular formula is C20H24N4O. The molecule has 5 heteroatoms. The van der Waals surface area contributed by atoms with Crippen LogP contribution in [0.3, 0.4) is 0 Å². The zero-order valence-corrected chi connectivity index (χ0v) is 14.9. The molecule has 1 aromatic carbocycles. The molecule has 0 saturated carbocycles. The van der Waals surface area contributed by atoms with E-state index in [0.29, 0.717) is 24.1 Å². The second-order valence-electron chi connectivity index (χ2n) is 7.11. The number of nitrogens with one attached hydrogen (secondary N) is 1. The Kier molecular flexibility index (Phi) is 4.25. The van der Waals surface area contributed by atoms with Crippen molar-refractivity contribution in [1.82, 2.24) is 20.2 Å². The number of carbonyl (C=O) groups is 1. The van der Waals surface area contributed by atoms with Crippen LogP contribution in [0.25, 0.3) is 0 Å². The molecule has 130 valence electrons. The first-order valence-corrected chi connectivity index (χ1v) is 9.06. The molecule has 2 aromatic rings. The lowest BCUT2D eigenvalue weighted by Crippen LogP contribution is -2.37. The molecule has 0 radical (unpaired) electrons. The molecule has 1 atom stereocenters. The van der Waals surface area contributed by atoms with Crippen molar-refractivity contribution in [3.05, 3.63) is 58.2 Å². The highest BCUT2D eigenvalue weighted by atomic mass is 16.2. The molecule has 0 aliphatic carbocycles. The smallest absolute Gasteiger partial charge is 0.272 e. The van der Waals surface area contributed by atoms with Crippen LogP contribution in [-0.2, 0) is 13.0 Å². The molecular weight excluding hydrogens is 312 g/mol. The van der Waals surface area contributed by atoms with Gasteiger partial charge in [0.2, 0.25) is 0 Å². The Balaban J connectivity index is 1.65. The summed E-state index contributed by atoms with van der Waals surface area (Å²) in [6.07, 6.45) is 4.96. The summed E-state index contributed by atoms with van der Waals surface area (Å²) in [4.78, 5) is 23.2. The maximum Gasteiger partial charge on any atom is 0.272 e. The van der Waals surface area contributed by atoms with Crippen LogP contribution in [0.2, 0.25) is 0 Å². The SMILES string of the molecule is Cc1cc2c(c([C@@H]3CCCN3)c1)CN(C(=O)c1ccnc(C)n1)CC2. The van der Waals surface area contributed by atoms with Crippen LogP contribution >= 0.6 is 0 Å². The van der Waals surface area contributed by atoms with Gasteiger partial charge in [-0.3, -0.25) is 4.79 Å². The summed E-state index contributed by atoms with van der Waals surface area (Å²) in [6.45, 7) is 6.48. The monoisotopic (exact) mass is 336 g/mol. The topological polar surface area (TPSA) is 58.1 Å². The molecule has 5 nitrogen and oxygen atoms in total. The highest BCUT2D eigenvalue weighted by molar-refractivity contribution is 5.92. The van der Waals surface area contributed by atoms with Gasteiger partial charge in [0.05, 0.1) is 0 Å². The number of aryl methyl sites for hydroxylation is 2. The lowest BCUT2D eigenvalue weighted by Gasteiger charge is -2.32. The first-order valence-electron chi connectivity index (χ1n) is 9.06. The van der Waals surface area contributed by atoms with Gasteiger partial charge >= 0.3 is 0 Å². The van der Waals surface area contributed by atoms with Crippen molar-refractivity contribution < 1.29 is 4.79 Å². The Labute approximate surface area is 148 Å². The van der Waals surface area contributed by atoms with Gasteiger partial charge in [-0.2, -0.15) is 0 Å². The fraction of sp³-hybridized carbons (Fsp3) is 0.450. The van der Waals surface area contributed by atoms with Crippen molar-refractivity contribution in [2.75, 3.05) is 13.1 Å². The van der Waals surface area contributed by atoms with Gasteiger partial charge in [-0.15, -0.1) is 0 Å². The van der Waals surface area contributed by atoms with Crippen molar-refractivity contribution in [3.8, 4) is 0 Å². The van der Waals surface area contributed by atoms with E-state index in [1.54, 1.807) is 12.3 Å². The second kappa shape index (κ2) is 6.56. The van der Waals surface area contributed by atoms with E-state index < -0.39 is 0 Å². The third kappa shape index (κ3) is 3.16. The number of aromatic nitrogens is 2. The van der Waals surface area contributed by atoms with Gasteiger partial charge in [0.15, 0.2) is 0 Å². The van der Waals surface area contributed by atoms with Crippen LogP contribution in [-0.4, -0.2) is 33.9 Å². The molecule has 25 heavy (non-hydrogen) atoms. The van der Waals surface area contributed by atoms with Crippen LogP contribution in [0.1, 0.15) is 57.5 Å². The molecule has 0 unspecified atom stereocenters. The predicted molar refractivity (Wildman–Crippen MR) is 96.4 cm³/mol. The highest BCUT2D eigenvalue weighted by Gasteiger charge is 2.28. The quantitative estimate of drug-likeness (QED) is 0.916. The van der Waals surface area contributed by atoms with E-state index in [9.17, 15) is 4.79 Å². The molecule has 1 amide bonds. The lowest BCUT2D eigenvalue weighted by atomic mass is 9.88. The maximum absolute atomic E-state index is 12.9. The van der Waals surface area contributed by atoms with Crippen molar-refractivity contribution >= 4 is 5.91 Å². The molecule has 0 spiro atoms. The number of benzene rings is 1. The van der Waals surface area contributed by atoms with E-state index >= 15 is 0 Å². The summed E-state index contributed by atoms with van der Waals surface area (Å²) in [5, 5.41) is 3.61. The number of rotatable bonds is 2. The maximum atomic E-state index is 12.9. The Morgan fingerprint density at radius 1 is 1.32 bits per heavy atom. The van der Waals surface area contributed by atoms with Gasteiger partial charge in [-0.25, -0.2) is 9.97 Å². The minimum atomic E-state index is 0.00190. The van der Waals surface area contributed by atoms with Crippen molar-refractivity contribution in [3.63, 3.8) is 0 Å². The van der Waals surface area contributed by atoms with E-state index in [2.05, 4.69) is 34.3 Å². The van der Waals surface area contributed by atoms with Crippen LogP contribution in [0.15, 0.2) is 24.4 Å². The molecule has 1 N–H and O–H groups in total. The molecule has 1 aromatic heterocycles. The van der Waals surface area contributed by atoms with Gasteiger partial charge in [-0.1, -0.05) is 17.7 Å². The van der Waals surface area contributed by atoms with E-state index in [1.807, 2.05) is 11.8 Å². The summed E-state index contributed by atoms with van der Waals surface area (Å²) in [5.74, 6) is 0.636. The van der Waals surface area contributed by atoms with Gasteiger partial charge in [-0.05, 0) is 62.4 Å². The van der Waals surface area contributed by atoms with Crippen molar-refractivity contribution in [2.24, 2.45) is 0 Å². The fourth-order valence-electron chi connectivity index (χ4n) is 4.03. The van der Waals surface area contributed by atoms with E-state index in [-0.39, 0.29) is 5.91 Å². The normalized spacial score (nSPS) is 19.8. The van der Waals surface area contributed by atoms with E-state index in [4.69, 9.17) is 0 Å². The first-order chi connectivity index (χ1) is 12.1. The van der Waals surface area contributed by atoms with Gasteiger partial charge < -0.3 is 10.2 Å². The van der Waals surface area contributed by atoms with E-state index in [0.717, 1.165) is 19.5 Å². The summed E-state index contributed by atoms with van der Waals surface area (Å²) in [6, 6.07) is 6.71. The summed E-state index contributed by atoms with van der Waals surface area (Å²) < 4.78 is 0. The van der Waals surface area contributed by atoms with Crippen molar-refractivity contribution in [2.45, 2.75) is 45.7 Å². The predicted octanol–water partition coefficient (Wildman–Crippen LogP) is 2.72. The standard InChI is InChI=1S/C20H24N4O/c1-13-10-15-6-9-24(20(25)19-5-8-21-14(2)23-19)12-17(15)16(11-13)18-4-3-7-22-18/h5,8,10-11,18,22H,3-4,6-7,9,12H2,1-2H3/t18-/m0/s1. The third-order valence-corrected chi connectivity index (χ3v) is 5.24. The fourth-order valence-corrected chi connectivity index (χ4v) is 4.03. The van der Waals surface area contributed by atoms with Gasteiger partial charge in [0, 0.05) is 25.3 Å². The molecule has 0 bridgehead atoms. The van der Waals surface area contributed by atoms with Gasteiger partial charge in [0.25, 0.3) is 5.91 Å². The minimum absolute atomic E-state index is 0.00190. The molecule has 4 rings (SSSR count). The van der Waals surface area contributed by atoms with Crippen LogP contribution in [0.5, 0.6) is 0 Å². The molecule has 3 heterocycles. The first kappa shape index (κ1) is 16.2. The Morgan fingerprint density at radius 3 is 2.96 bits per heavy atom. The highest BCUT2D eigenvalue weighted by Crippen LogP contribution is 2.32. The lowest BCUT2D eigenvalue weighted by molar-refractivity contribution is 0.0727. The summed E-state index contributed by atoms with van der Waals surface area (Å²) in [5.41, 5.74) is 5.91. The number of amides is 1. The number of hydrogen-bond donors (Lipinski definition) is 1. The number of nitrogens with zero attached hydrogens (tertiary/aromatic N) is 3. The average Bonchev–Trinajstić information content (AvgIpc) is 3.14. The van der Waals surface area contributed by atoms with Crippen LogP contribution < -0.4 is 5.32 Å². The Morgan fingerprint density at radius 2 is 2.20 bits per heavy atom. The van der Waals surface area contributed by atoms with Gasteiger partial charge in [0.1, 0.15) is 11.5 Å².